The van der Waals surface area contributed by atoms with E-state index in [1.54, 1.807) is 0 Å². The SMILES string of the molecule is CCCOC(=O)[C@@H]1C(c2cc(OC)c(OC)c(OC)c2)c2cc3c(cc2[C@@H]2OC(=O)OC[C@@H]12)OCO3. The van der Waals surface area contributed by atoms with E-state index in [0.29, 0.717) is 35.2 Å². The molecule has 2 aromatic rings. The van der Waals surface area contributed by atoms with E-state index < -0.39 is 36.0 Å². The van der Waals surface area contributed by atoms with E-state index in [4.69, 9.17) is 37.9 Å². The van der Waals surface area contributed by atoms with Gasteiger partial charge < -0.3 is 37.9 Å². The molecule has 2 aromatic carbocycles. The van der Waals surface area contributed by atoms with Crippen LogP contribution in [0.5, 0.6) is 28.7 Å². The molecule has 1 saturated heterocycles. The van der Waals surface area contributed by atoms with Crippen molar-refractivity contribution in [1.82, 2.24) is 0 Å². The fourth-order valence-electron chi connectivity index (χ4n) is 5.27. The molecule has 0 spiro atoms. The Kier molecular flexibility index (Phi) is 6.42. The number of benzene rings is 2. The topological polar surface area (TPSA) is 108 Å². The van der Waals surface area contributed by atoms with Gasteiger partial charge in [0.15, 0.2) is 23.0 Å². The number of fused-ring (bicyclic) bond motifs is 4. The summed E-state index contributed by atoms with van der Waals surface area (Å²) in [5.74, 6) is 0.267. The summed E-state index contributed by atoms with van der Waals surface area (Å²) in [6.07, 6.45) is -0.831. The van der Waals surface area contributed by atoms with Crippen LogP contribution < -0.4 is 23.7 Å². The molecule has 0 aromatic heterocycles. The molecule has 0 amide bonds. The molecule has 0 bridgehead atoms. The van der Waals surface area contributed by atoms with E-state index in [0.717, 1.165) is 16.7 Å². The normalized spacial score (nSPS) is 23.5. The Balaban J connectivity index is 1.74. The summed E-state index contributed by atoms with van der Waals surface area (Å²) >= 11 is 0. The summed E-state index contributed by atoms with van der Waals surface area (Å²) < 4.78 is 44.5. The van der Waals surface area contributed by atoms with Crippen molar-refractivity contribution >= 4 is 12.1 Å². The number of cyclic esters (lactones) is 1. The first-order valence-electron chi connectivity index (χ1n) is 11.7. The molecule has 0 saturated carbocycles. The summed E-state index contributed by atoms with van der Waals surface area (Å²) in [6.45, 7) is 2.27. The van der Waals surface area contributed by atoms with Crippen LogP contribution in [0.25, 0.3) is 0 Å². The molecule has 0 N–H and O–H groups in total. The Labute approximate surface area is 208 Å². The highest BCUT2D eigenvalue weighted by Crippen LogP contribution is 2.55. The zero-order valence-electron chi connectivity index (χ0n) is 20.5. The fourth-order valence-corrected chi connectivity index (χ4v) is 5.27. The Morgan fingerprint density at radius 3 is 2.22 bits per heavy atom. The fraction of sp³-hybridized carbons (Fsp3) is 0.462. The van der Waals surface area contributed by atoms with E-state index in [1.165, 1.54) is 21.3 Å². The molecule has 4 atom stereocenters. The summed E-state index contributed by atoms with van der Waals surface area (Å²) in [4.78, 5) is 25.7. The van der Waals surface area contributed by atoms with Gasteiger partial charge in [0.25, 0.3) is 0 Å². The van der Waals surface area contributed by atoms with Crippen LogP contribution in [0.4, 0.5) is 4.79 Å². The standard InChI is InChI=1S/C26H28O10/c1-5-6-32-25(27)22-16-11-33-26(28)36-23(16)15-10-18-17(34-12-35-18)9-14(15)21(22)13-7-19(29-2)24(31-4)20(8-13)30-3/h7-10,16,21-23H,5-6,11-12H2,1-4H3/t16-,21?,22-,23-/m0/s1. The maximum atomic E-state index is 13.6. The number of carbonyl (C=O) groups is 2. The molecule has 2 heterocycles. The number of ether oxygens (including phenoxy) is 8. The first-order chi connectivity index (χ1) is 17.5. The maximum Gasteiger partial charge on any atom is 0.508 e. The van der Waals surface area contributed by atoms with Crippen LogP contribution in [-0.2, 0) is 19.0 Å². The van der Waals surface area contributed by atoms with Crippen molar-refractivity contribution in [2.24, 2.45) is 11.8 Å². The third-order valence-corrected chi connectivity index (χ3v) is 6.81. The van der Waals surface area contributed by atoms with Crippen LogP contribution in [0.15, 0.2) is 24.3 Å². The Morgan fingerprint density at radius 1 is 0.944 bits per heavy atom. The highest BCUT2D eigenvalue weighted by Gasteiger charge is 2.52. The summed E-state index contributed by atoms with van der Waals surface area (Å²) in [6, 6.07) is 7.28. The number of esters is 1. The third kappa shape index (κ3) is 3.90. The van der Waals surface area contributed by atoms with Crippen LogP contribution in [0.2, 0.25) is 0 Å². The van der Waals surface area contributed by atoms with E-state index >= 15 is 0 Å². The third-order valence-electron chi connectivity index (χ3n) is 6.81. The van der Waals surface area contributed by atoms with Crippen molar-refractivity contribution in [3.63, 3.8) is 0 Å². The quantitative estimate of drug-likeness (QED) is 0.518. The van der Waals surface area contributed by atoms with Crippen LogP contribution in [0.3, 0.4) is 0 Å². The molecule has 36 heavy (non-hydrogen) atoms. The average Bonchev–Trinajstić information content (AvgIpc) is 3.36. The van der Waals surface area contributed by atoms with Gasteiger partial charge in [0, 0.05) is 17.4 Å². The van der Waals surface area contributed by atoms with Crippen molar-refractivity contribution in [3.05, 3.63) is 41.0 Å². The second-order valence-electron chi connectivity index (χ2n) is 8.73. The van der Waals surface area contributed by atoms with E-state index in [9.17, 15) is 9.59 Å². The lowest BCUT2D eigenvalue weighted by Gasteiger charge is -2.44. The van der Waals surface area contributed by atoms with Crippen LogP contribution in [-0.4, -0.2) is 53.5 Å². The smallest absolute Gasteiger partial charge is 0.493 e. The van der Waals surface area contributed by atoms with Gasteiger partial charge in [-0.3, -0.25) is 4.79 Å². The lowest BCUT2D eigenvalue weighted by Crippen LogP contribution is -2.46. The monoisotopic (exact) mass is 500 g/mol. The molecule has 0 radical (unpaired) electrons. The molecule has 3 aliphatic rings. The zero-order valence-corrected chi connectivity index (χ0v) is 20.5. The lowest BCUT2D eigenvalue weighted by atomic mass is 9.65. The molecule has 10 nitrogen and oxygen atoms in total. The van der Waals surface area contributed by atoms with Gasteiger partial charge >= 0.3 is 12.1 Å². The van der Waals surface area contributed by atoms with Gasteiger partial charge in [-0.1, -0.05) is 6.92 Å². The maximum absolute atomic E-state index is 13.6. The van der Waals surface area contributed by atoms with Crippen molar-refractivity contribution in [3.8, 4) is 28.7 Å². The number of rotatable bonds is 7. The van der Waals surface area contributed by atoms with Crippen molar-refractivity contribution < 1.29 is 47.5 Å². The van der Waals surface area contributed by atoms with Crippen molar-refractivity contribution in [1.29, 1.82) is 0 Å². The predicted octanol–water partition coefficient (Wildman–Crippen LogP) is 3.98. The Morgan fingerprint density at radius 2 is 1.61 bits per heavy atom. The van der Waals surface area contributed by atoms with E-state index in [2.05, 4.69) is 0 Å². The molecule has 10 heteroatoms. The molecular formula is C26H28O10. The summed E-state index contributed by atoms with van der Waals surface area (Å²) in [5.41, 5.74) is 2.21. The van der Waals surface area contributed by atoms with Gasteiger partial charge in [-0.2, -0.15) is 0 Å². The van der Waals surface area contributed by atoms with Gasteiger partial charge in [0.1, 0.15) is 12.7 Å². The molecule has 192 valence electrons. The minimum absolute atomic E-state index is 0.00416. The number of methoxy groups -OCH3 is 3. The zero-order chi connectivity index (χ0) is 25.4. The molecular weight excluding hydrogens is 472 g/mol. The second-order valence-corrected chi connectivity index (χ2v) is 8.73. The van der Waals surface area contributed by atoms with Gasteiger partial charge in [-0.25, -0.2) is 4.79 Å². The first-order valence-corrected chi connectivity index (χ1v) is 11.7. The van der Waals surface area contributed by atoms with Crippen LogP contribution in [0, 0.1) is 11.8 Å². The lowest BCUT2D eigenvalue weighted by molar-refractivity contribution is -0.160. The summed E-state index contributed by atoms with van der Waals surface area (Å²) in [7, 11) is 4.59. The van der Waals surface area contributed by atoms with Crippen molar-refractivity contribution in [2.75, 3.05) is 41.3 Å². The Hall–Kier alpha value is -3.82. The predicted molar refractivity (Wildman–Crippen MR) is 124 cm³/mol. The van der Waals surface area contributed by atoms with Gasteiger partial charge in [0.2, 0.25) is 12.5 Å². The first kappa shape index (κ1) is 23.9. The van der Waals surface area contributed by atoms with E-state index in [1.807, 2.05) is 31.2 Å². The van der Waals surface area contributed by atoms with E-state index in [-0.39, 0.29) is 20.0 Å². The average molecular weight is 501 g/mol. The highest BCUT2D eigenvalue weighted by atomic mass is 16.7. The van der Waals surface area contributed by atoms with Crippen LogP contribution >= 0.6 is 0 Å². The van der Waals surface area contributed by atoms with Crippen molar-refractivity contribution in [2.45, 2.75) is 25.4 Å². The number of carbonyl (C=O) groups excluding carboxylic acids is 2. The van der Waals surface area contributed by atoms with Gasteiger partial charge in [-0.05, 0) is 41.8 Å². The minimum Gasteiger partial charge on any atom is -0.493 e. The van der Waals surface area contributed by atoms with Gasteiger partial charge in [0.05, 0.1) is 33.9 Å². The molecule has 2 aliphatic heterocycles. The minimum atomic E-state index is -0.785. The number of hydrogen-bond donors (Lipinski definition) is 0. The highest BCUT2D eigenvalue weighted by molar-refractivity contribution is 5.78. The number of hydrogen-bond acceptors (Lipinski definition) is 10. The Bertz CT molecular complexity index is 1150. The molecule has 1 unspecified atom stereocenters. The second kappa shape index (κ2) is 9.67. The molecule has 5 rings (SSSR count). The molecule has 1 fully saturated rings. The summed E-state index contributed by atoms with van der Waals surface area (Å²) in [5, 5.41) is 0. The van der Waals surface area contributed by atoms with Crippen LogP contribution in [0.1, 0.15) is 42.1 Å². The largest absolute Gasteiger partial charge is 0.508 e. The van der Waals surface area contributed by atoms with Gasteiger partial charge in [-0.15, -0.1) is 0 Å². The molecule has 1 aliphatic carbocycles.